The molecule has 1 aromatic carbocycles. The Bertz CT molecular complexity index is 679. The Hall–Kier alpha value is -1.35. The Morgan fingerprint density at radius 2 is 1.58 bits per heavy atom. The first kappa shape index (κ1) is 14.1. The number of aromatic nitrogens is 2. The number of halogens is 1. The number of fused-ring (bicyclic) bond motifs is 3. The number of rotatable bonds is 0. The van der Waals surface area contributed by atoms with Crippen LogP contribution >= 0.6 is 15.9 Å². The number of hydrogen-bond donors (Lipinski definition) is 1. The van der Waals surface area contributed by atoms with Crippen LogP contribution in [0.5, 0.6) is 0 Å². The molecule has 3 heteroatoms. The van der Waals surface area contributed by atoms with Gasteiger partial charge in [0, 0.05) is 26.5 Å². The fourth-order valence-electron chi connectivity index (χ4n) is 2.45. The minimum atomic E-state index is 1.06. The Morgan fingerprint density at radius 1 is 0.947 bits per heavy atom. The summed E-state index contributed by atoms with van der Waals surface area (Å²) in [6, 6.07) is 6.44. The summed E-state index contributed by atoms with van der Waals surface area (Å²) < 4.78 is 1.12. The van der Waals surface area contributed by atoms with Crippen molar-refractivity contribution in [3.63, 3.8) is 0 Å². The van der Waals surface area contributed by atoms with Gasteiger partial charge in [0.05, 0.1) is 11.2 Å². The maximum Gasteiger partial charge on any atom is 0.0681 e. The first-order valence-electron chi connectivity index (χ1n) is 6.62. The fourth-order valence-corrected chi connectivity index (χ4v) is 3.02. The van der Waals surface area contributed by atoms with E-state index in [2.05, 4.69) is 57.9 Å². The highest BCUT2D eigenvalue weighted by Crippen LogP contribution is 2.31. The molecule has 0 fully saturated rings. The monoisotopic (exact) mass is 318 g/mol. The van der Waals surface area contributed by atoms with E-state index in [1.807, 2.05) is 20.8 Å². The van der Waals surface area contributed by atoms with Gasteiger partial charge in [-0.25, -0.2) is 0 Å². The largest absolute Gasteiger partial charge is 0.353 e. The molecule has 0 spiro atoms. The first-order chi connectivity index (χ1) is 9.06. The molecule has 3 rings (SSSR count). The predicted molar refractivity (Wildman–Crippen MR) is 86.9 cm³/mol. The van der Waals surface area contributed by atoms with Gasteiger partial charge in [-0.3, -0.25) is 4.98 Å². The molecule has 2 heterocycles. The number of nitrogens with zero attached hydrogens (tertiary/aromatic N) is 1. The fraction of sp³-hybridized carbons (Fsp3) is 0.312. The second-order valence-corrected chi connectivity index (χ2v) is 5.46. The zero-order chi connectivity index (χ0) is 14.2. The molecule has 2 nitrogen and oxygen atoms in total. The van der Waals surface area contributed by atoms with Gasteiger partial charge in [0.1, 0.15) is 0 Å². The molecular weight excluding hydrogens is 300 g/mol. The molecule has 0 bridgehead atoms. The highest BCUT2D eigenvalue weighted by Gasteiger charge is 2.10. The van der Waals surface area contributed by atoms with E-state index in [1.165, 1.54) is 21.9 Å². The lowest BCUT2D eigenvalue weighted by molar-refractivity contribution is 1.14. The van der Waals surface area contributed by atoms with Gasteiger partial charge in [-0.15, -0.1) is 0 Å². The lowest BCUT2D eigenvalue weighted by atomic mass is 10.1. The lowest BCUT2D eigenvalue weighted by Gasteiger charge is -1.99. The van der Waals surface area contributed by atoms with Gasteiger partial charge in [-0.05, 0) is 44.5 Å². The third-order valence-electron chi connectivity index (χ3n) is 3.17. The normalized spacial score (nSPS) is 10.6. The Morgan fingerprint density at radius 3 is 2.26 bits per heavy atom. The summed E-state index contributed by atoms with van der Waals surface area (Å²) in [5.41, 5.74) is 5.73. The summed E-state index contributed by atoms with van der Waals surface area (Å²) in [5.74, 6) is 0. The van der Waals surface area contributed by atoms with E-state index in [9.17, 15) is 0 Å². The van der Waals surface area contributed by atoms with Gasteiger partial charge in [0.2, 0.25) is 0 Å². The van der Waals surface area contributed by atoms with Gasteiger partial charge in [-0.2, -0.15) is 0 Å². The van der Waals surface area contributed by atoms with Crippen molar-refractivity contribution in [3.8, 4) is 0 Å². The van der Waals surface area contributed by atoms with Gasteiger partial charge in [0.15, 0.2) is 0 Å². The number of H-pyrrole nitrogens is 1. The number of benzene rings is 1. The molecule has 0 radical (unpaired) electrons. The molecule has 100 valence electrons. The average molecular weight is 319 g/mol. The zero-order valence-electron chi connectivity index (χ0n) is 12.1. The van der Waals surface area contributed by atoms with Crippen LogP contribution in [0.3, 0.4) is 0 Å². The Labute approximate surface area is 122 Å². The molecule has 0 amide bonds. The van der Waals surface area contributed by atoms with E-state index in [0.29, 0.717) is 0 Å². The van der Waals surface area contributed by atoms with Crippen LogP contribution in [0.2, 0.25) is 0 Å². The molecule has 0 saturated heterocycles. The van der Waals surface area contributed by atoms with Crippen molar-refractivity contribution < 1.29 is 0 Å². The van der Waals surface area contributed by atoms with Crippen LogP contribution in [0.25, 0.3) is 21.8 Å². The van der Waals surface area contributed by atoms with Crippen molar-refractivity contribution in [1.82, 2.24) is 9.97 Å². The standard InChI is InChI=1S/C14H13BrN2.C2H6/c1-7-4-10(15)6-12-11-5-8(2)16-9(3)14(11)17-13(7)12;1-2/h4-6,17H,1-3H3;1-2H3. The zero-order valence-corrected chi connectivity index (χ0v) is 13.6. The van der Waals surface area contributed by atoms with Crippen LogP contribution < -0.4 is 0 Å². The summed E-state index contributed by atoms with van der Waals surface area (Å²) in [5, 5.41) is 2.52. The molecule has 0 aliphatic heterocycles. The average Bonchev–Trinajstić information content (AvgIpc) is 2.71. The second-order valence-electron chi connectivity index (χ2n) is 4.54. The van der Waals surface area contributed by atoms with E-state index in [-0.39, 0.29) is 0 Å². The number of aromatic amines is 1. The summed E-state index contributed by atoms with van der Waals surface area (Å²) in [4.78, 5) is 7.99. The minimum Gasteiger partial charge on any atom is -0.353 e. The molecule has 3 aromatic rings. The lowest BCUT2D eigenvalue weighted by Crippen LogP contribution is -1.86. The number of hydrogen-bond acceptors (Lipinski definition) is 1. The number of aryl methyl sites for hydroxylation is 3. The van der Waals surface area contributed by atoms with E-state index < -0.39 is 0 Å². The van der Waals surface area contributed by atoms with Crippen LogP contribution in [-0.2, 0) is 0 Å². The van der Waals surface area contributed by atoms with Crippen LogP contribution in [-0.4, -0.2) is 9.97 Å². The SMILES string of the molecule is CC.Cc1cc2c([nH]c3c(C)cc(Br)cc32)c(C)n1. The molecule has 2 aromatic heterocycles. The van der Waals surface area contributed by atoms with Crippen LogP contribution in [0, 0.1) is 20.8 Å². The molecule has 0 unspecified atom stereocenters. The number of pyridine rings is 1. The Kier molecular flexibility index (Phi) is 3.95. The summed E-state index contributed by atoms with van der Waals surface area (Å²) in [6.45, 7) is 10.2. The predicted octanol–water partition coefficient (Wildman–Crippen LogP) is 5.43. The van der Waals surface area contributed by atoms with Crippen LogP contribution in [0.4, 0.5) is 0 Å². The van der Waals surface area contributed by atoms with Crippen molar-refractivity contribution in [3.05, 3.63) is 39.6 Å². The minimum absolute atomic E-state index is 1.06. The van der Waals surface area contributed by atoms with Crippen LogP contribution in [0.1, 0.15) is 30.8 Å². The molecule has 19 heavy (non-hydrogen) atoms. The summed E-state index contributed by atoms with van der Waals surface area (Å²) in [6.07, 6.45) is 0. The molecule has 0 saturated carbocycles. The van der Waals surface area contributed by atoms with Gasteiger partial charge in [0.25, 0.3) is 0 Å². The van der Waals surface area contributed by atoms with E-state index in [1.54, 1.807) is 0 Å². The molecule has 0 aliphatic rings. The van der Waals surface area contributed by atoms with Crippen LogP contribution in [0.15, 0.2) is 22.7 Å². The first-order valence-corrected chi connectivity index (χ1v) is 7.41. The van der Waals surface area contributed by atoms with Gasteiger partial charge >= 0.3 is 0 Å². The van der Waals surface area contributed by atoms with E-state index >= 15 is 0 Å². The Balaban J connectivity index is 0.000000637. The molecular formula is C16H19BrN2. The second kappa shape index (κ2) is 5.33. The highest BCUT2D eigenvalue weighted by atomic mass is 79.9. The third kappa shape index (κ3) is 2.39. The van der Waals surface area contributed by atoms with Crippen molar-refractivity contribution in [2.24, 2.45) is 0 Å². The molecule has 0 atom stereocenters. The van der Waals surface area contributed by atoms with Gasteiger partial charge < -0.3 is 4.98 Å². The van der Waals surface area contributed by atoms with E-state index in [4.69, 9.17) is 0 Å². The number of nitrogens with one attached hydrogen (secondary N) is 1. The highest BCUT2D eigenvalue weighted by molar-refractivity contribution is 9.10. The van der Waals surface area contributed by atoms with Crippen molar-refractivity contribution in [1.29, 1.82) is 0 Å². The van der Waals surface area contributed by atoms with Gasteiger partial charge in [-0.1, -0.05) is 29.8 Å². The van der Waals surface area contributed by atoms with Crippen molar-refractivity contribution in [2.45, 2.75) is 34.6 Å². The molecule has 1 N–H and O–H groups in total. The summed E-state index contributed by atoms with van der Waals surface area (Å²) >= 11 is 3.56. The maximum absolute atomic E-state index is 4.51. The van der Waals surface area contributed by atoms with Crippen molar-refractivity contribution >= 4 is 37.7 Å². The maximum atomic E-state index is 4.51. The molecule has 0 aliphatic carbocycles. The smallest absolute Gasteiger partial charge is 0.0681 e. The summed E-state index contributed by atoms with van der Waals surface area (Å²) in [7, 11) is 0. The van der Waals surface area contributed by atoms with E-state index in [0.717, 1.165) is 21.4 Å². The quantitative estimate of drug-likeness (QED) is 0.588. The van der Waals surface area contributed by atoms with Crippen molar-refractivity contribution in [2.75, 3.05) is 0 Å². The topological polar surface area (TPSA) is 28.7 Å². The third-order valence-corrected chi connectivity index (χ3v) is 3.63.